The lowest BCUT2D eigenvalue weighted by Crippen LogP contribution is -2.32. The molecule has 8 heteroatoms. The molecule has 180 valence electrons. The Hall–Kier alpha value is -3.55. The van der Waals surface area contributed by atoms with E-state index >= 15 is 0 Å². The largest absolute Gasteiger partial charge is 0.418 e. The van der Waals surface area contributed by atoms with Crippen molar-refractivity contribution in [1.82, 2.24) is 14.5 Å². The first kappa shape index (κ1) is 23.2. The van der Waals surface area contributed by atoms with Gasteiger partial charge in [-0.25, -0.2) is 9.37 Å². The Bertz CT molecular complexity index is 1470. The van der Waals surface area contributed by atoms with Crippen molar-refractivity contribution in [3.63, 3.8) is 0 Å². The summed E-state index contributed by atoms with van der Waals surface area (Å²) in [5, 5.41) is 0.667. The number of hydrogen-bond acceptors (Lipinski definition) is 3. The van der Waals surface area contributed by atoms with Crippen molar-refractivity contribution in [3.05, 3.63) is 105 Å². The van der Waals surface area contributed by atoms with E-state index in [4.69, 9.17) is 0 Å². The monoisotopic (exact) mass is 481 g/mol. The highest BCUT2D eigenvalue weighted by Gasteiger charge is 2.37. The molecule has 0 radical (unpaired) electrons. The molecule has 0 amide bonds. The molecule has 0 unspecified atom stereocenters. The zero-order chi connectivity index (χ0) is 24.9. The Kier molecular flexibility index (Phi) is 5.69. The number of hydrogen-bond donors (Lipinski definition) is 0. The Morgan fingerprint density at radius 3 is 2.51 bits per heavy atom. The lowest BCUT2D eigenvalue weighted by atomic mass is 9.68. The molecule has 0 N–H and O–H groups in total. The van der Waals surface area contributed by atoms with Crippen LogP contribution in [0.25, 0.3) is 11.0 Å². The van der Waals surface area contributed by atoms with Gasteiger partial charge in [-0.05, 0) is 86.1 Å². The van der Waals surface area contributed by atoms with Crippen molar-refractivity contribution >= 4 is 11.0 Å². The third-order valence-corrected chi connectivity index (χ3v) is 6.86. The molecule has 0 saturated heterocycles. The van der Waals surface area contributed by atoms with Gasteiger partial charge in [-0.15, -0.1) is 0 Å². The van der Waals surface area contributed by atoms with Crippen LogP contribution in [-0.2, 0) is 12.7 Å². The Morgan fingerprint density at radius 2 is 1.80 bits per heavy atom. The van der Waals surface area contributed by atoms with Crippen molar-refractivity contribution < 1.29 is 17.6 Å². The molecule has 5 rings (SSSR count). The molecule has 0 atom stereocenters. The van der Waals surface area contributed by atoms with Crippen LogP contribution in [0.5, 0.6) is 0 Å². The van der Waals surface area contributed by atoms with E-state index in [2.05, 4.69) is 9.97 Å². The standard InChI is InChI=1S/C27H23F4N3O/c1-15-5-3-7-22(28)24(15)19-11-18(12-19)20-13-17-9-8-16(2)33-25(17)34(26(20)35)14-23-21(27(29,30)31)6-4-10-32-23/h3-10,13,18-19H,11-12,14H2,1-2H3/t18-,19-. The number of aromatic nitrogens is 3. The Labute approximate surface area is 199 Å². The summed E-state index contributed by atoms with van der Waals surface area (Å²) in [7, 11) is 0. The Balaban J connectivity index is 1.57. The smallest absolute Gasteiger partial charge is 0.286 e. The van der Waals surface area contributed by atoms with Crippen LogP contribution in [0.1, 0.15) is 58.3 Å². The van der Waals surface area contributed by atoms with Gasteiger partial charge in [0.15, 0.2) is 0 Å². The number of nitrogens with zero attached hydrogens (tertiary/aromatic N) is 3. The zero-order valence-electron chi connectivity index (χ0n) is 19.2. The first-order valence-electron chi connectivity index (χ1n) is 11.4. The number of pyridine rings is 3. The maximum Gasteiger partial charge on any atom is 0.418 e. The maximum atomic E-state index is 14.4. The molecule has 1 aliphatic rings. The highest BCUT2D eigenvalue weighted by atomic mass is 19.4. The fraction of sp³-hybridized carbons (Fsp3) is 0.296. The van der Waals surface area contributed by atoms with Crippen molar-refractivity contribution in [1.29, 1.82) is 0 Å². The first-order valence-corrected chi connectivity index (χ1v) is 11.4. The summed E-state index contributed by atoms with van der Waals surface area (Å²) in [5.41, 5.74) is 1.52. The topological polar surface area (TPSA) is 47.8 Å². The van der Waals surface area contributed by atoms with E-state index in [1.165, 1.54) is 22.9 Å². The van der Waals surface area contributed by atoms with Crippen molar-refractivity contribution in [2.45, 2.75) is 51.2 Å². The molecule has 35 heavy (non-hydrogen) atoms. The normalized spacial score (nSPS) is 18.0. The molecule has 1 aliphatic carbocycles. The molecular formula is C27H23F4N3O. The van der Waals surface area contributed by atoms with E-state index in [1.807, 2.05) is 19.1 Å². The van der Waals surface area contributed by atoms with Gasteiger partial charge >= 0.3 is 6.18 Å². The van der Waals surface area contributed by atoms with Crippen LogP contribution in [0.2, 0.25) is 0 Å². The van der Waals surface area contributed by atoms with Gasteiger partial charge in [-0.1, -0.05) is 12.1 Å². The number of fused-ring (bicyclic) bond motifs is 1. The van der Waals surface area contributed by atoms with Gasteiger partial charge in [0.05, 0.1) is 17.8 Å². The fourth-order valence-electron chi connectivity index (χ4n) is 5.04. The number of benzene rings is 1. The van der Waals surface area contributed by atoms with E-state index in [1.54, 1.807) is 25.1 Å². The Morgan fingerprint density at radius 1 is 1.03 bits per heavy atom. The first-order chi connectivity index (χ1) is 16.6. The van der Waals surface area contributed by atoms with E-state index < -0.39 is 11.7 Å². The predicted molar refractivity (Wildman–Crippen MR) is 125 cm³/mol. The van der Waals surface area contributed by atoms with Crippen molar-refractivity contribution in [2.75, 3.05) is 0 Å². The van der Waals surface area contributed by atoms with Gasteiger partial charge in [0, 0.05) is 22.8 Å². The van der Waals surface area contributed by atoms with Crippen LogP contribution in [0.4, 0.5) is 17.6 Å². The molecular weight excluding hydrogens is 458 g/mol. The van der Waals surface area contributed by atoms with Gasteiger partial charge in [0.1, 0.15) is 11.5 Å². The fourth-order valence-corrected chi connectivity index (χ4v) is 5.04. The van der Waals surface area contributed by atoms with Gasteiger partial charge < -0.3 is 0 Å². The molecule has 0 bridgehead atoms. The number of alkyl halides is 3. The van der Waals surface area contributed by atoms with Gasteiger partial charge in [-0.3, -0.25) is 14.3 Å². The lowest BCUT2D eigenvalue weighted by Gasteiger charge is -2.37. The average Bonchev–Trinajstić information content (AvgIpc) is 2.77. The van der Waals surface area contributed by atoms with E-state index in [0.29, 0.717) is 40.7 Å². The van der Waals surface area contributed by atoms with Crippen LogP contribution < -0.4 is 5.56 Å². The molecule has 1 aromatic carbocycles. The molecule has 3 heterocycles. The molecule has 4 nitrogen and oxygen atoms in total. The third-order valence-electron chi connectivity index (χ3n) is 6.86. The second kappa shape index (κ2) is 8.59. The second-order valence-corrected chi connectivity index (χ2v) is 9.19. The highest BCUT2D eigenvalue weighted by Crippen LogP contribution is 2.48. The number of aryl methyl sites for hydroxylation is 2. The summed E-state index contributed by atoms with van der Waals surface area (Å²) in [6.07, 6.45) is -2.12. The summed E-state index contributed by atoms with van der Waals surface area (Å²) in [4.78, 5) is 22.0. The van der Waals surface area contributed by atoms with Crippen LogP contribution in [0.15, 0.2) is 59.5 Å². The minimum Gasteiger partial charge on any atom is -0.286 e. The van der Waals surface area contributed by atoms with Gasteiger partial charge in [0.25, 0.3) is 5.56 Å². The molecule has 0 spiro atoms. The quantitative estimate of drug-likeness (QED) is 0.323. The SMILES string of the molecule is Cc1ccc2cc([C@H]3C[C@H](c4c(C)cccc4F)C3)c(=O)n(Cc3ncccc3C(F)(F)F)c2n1. The molecule has 0 aliphatic heterocycles. The summed E-state index contributed by atoms with van der Waals surface area (Å²) in [6.45, 7) is 3.28. The van der Waals surface area contributed by atoms with Crippen LogP contribution in [0, 0.1) is 19.7 Å². The summed E-state index contributed by atoms with van der Waals surface area (Å²) < 4.78 is 56.5. The molecule has 4 aromatic rings. The van der Waals surface area contributed by atoms with Crippen molar-refractivity contribution in [2.24, 2.45) is 0 Å². The minimum absolute atomic E-state index is 0.00601. The number of halogens is 4. The lowest BCUT2D eigenvalue weighted by molar-refractivity contribution is -0.138. The second-order valence-electron chi connectivity index (χ2n) is 9.19. The maximum absolute atomic E-state index is 14.4. The molecule has 1 saturated carbocycles. The summed E-state index contributed by atoms with van der Waals surface area (Å²) in [6, 6.07) is 12.6. The average molecular weight is 481 g/mol. The summed E-state index contributed by atoms with van der Waals surface area (Å²) >= 11 is 0. The zero-order valence-corrected chi connectivity index (χ0v) is 19.2. The summed E-state index contributed by atoms with van der Waals surface area (Å²) in [5.74, 6) is -0.373. The molecule has 3 aromatic heterocycles. The molecule has 1 fully saturated rings. The minimum atomic E-state index is -4.59. The van der Waals surface area contributed by atoms with Crippen LogP contribution >= 0.6 is 0 Å². The third kappa shape index (κ3) is 4.22. The van der Waals surface area contributed by atoms with E-state index in [9.17, 15) is 22.4 Å². The van der Waals surface area contributed by atoms with Crippen molar-refractivity contribution in [3.8, 4) is 0 Å². The van der Waals surface area contributed by atoms with E-state index in [0.717, 1.165) is 11.6 Å². The van der Waals surface area contributed by atoms with Crippen LogP contribution in [-0.4, -0.2) is 14.5 Å². The van der Waals surface area contributed by atoms with Gasteiger partial charge in [0.2, 0.25) is 0 Å². The predicted octanol–water partition coefficient (Wildman–Crippen LogP) is 6.28. The van der Waals surface area contributed by atoms with Gasteiger partial charge in [-0.2, -0.15) is 13.2 Å². The van der Waals surface area contributed by atoms with Crippen LogP contribution in [0.3, 0.4) is 0 Å². The van der Waals surface area contributed by atoms with E-state index in [-0.39, 0.29) is 35.5 Å². The number of rotatable bonds is 4. The highest BCUT2D eigenvalue weighted by molar-refractivity contribution is 5.76.